The van der Waals surface area contributed by atoms with Crippen LogP contribution in [0.15, 0.2) is 112 Å². The number of azo groups is 1. The molecular weight excluding hydrogens is 482 g/mol. The van der Waals surface area contributed by atoms with E-state index >= 15 is 0 Å². The molecule has 0 saturated carbocycles. The molecule has 0 aliphatic carbocycles. The molecule has 1 aromatic heterocycles. The van der Waals surface area contributed by atoms with Gasteiger partial charge in [0.15, 0.2) is 0 Å². The van der Waals surface area contributed by atoms with Gasteiger partial charge < -0.3 is 4.74 Å². The fraction of sp³-hybridized carbons (Fsp3) is 0.0345. The van der Waals surface area contributed by atoms with Crippen molar-refractivity contribution in [2.24, 2.45) is 10.2 Å². The fourth-order valence-electron chi connectivity index (χ4n) is 3.90. The first-order valence-corrected chi connectivity index (χ1v) is 11.6. The van der Waals surface area contributed by atoms with Gasteiger partial charge in [-0.05, 0) is 48.0 Å². The average molecular weight is 504 g/mol. The molecule has 5 rings (SSSR count). The first kappa shape index (κ1) is 24.3. The summed E-state index contributed by atoms with van der Waals surface area (Å²) in [6.07, 6.45) is 3.69. The maximum Gasteiger partial charge on any atom is 0.269 e. The lowest BCUT2D eigenvalue weighted by atomic mass is 10.2. The van der Waals surface area contributed by atoms with E-state index in [0.717, 1.165) is 5.56 Å². The normalized spacial score (nSPS) is 11.4. The highest BCUT2D eigenvalue weighted by molar-refractivity contribution is 5.80. The summed E-state index contributed by atoms with van der Waals surface area (Å²) in [6, 6.07) is 27.8. The van der Waals surface area contributed by atoms with Crippen molar-refractivity contribution >= 4 is 40.1 Å². The van der Waals surface area contributed by atoms with Gasteiger partial charge in [-0.3, -0.25) is 19.5 Å². The quantitative estimate of drug-likeness (QED) is 0.136. The van der Waals surface area contributed by atoms with Gasteiger partial charge in [0.25, 0.3) is 11.2 Å². The maximum atomic E-state index is 13.6. The Morgan fingerprint density at radius 3 is 2.29 bits per heavy atom. The molecule has 0 unspecified atom stereocenters. The zero-order valence-corrected chi connectivity index (χ0v) is 20.3. The van der Waals surface area contributed by atoms with E-state index in [1.54, 1.807) is 42.5 Å². The number of nitro groups is 1. The van der Waals surface area contributed by atoms with Gasteiger partial charge >= 0.3 is 0 Å². The molecule has 38 heavy (non-hydrogen) atoms. The summed E-state index contributed by atoms with van der Waals surface area (Å²) < 4.78 is 7.14. The monoisotopic (exact) mass is 503 g/mol. The maximum absolute atomic E-state index is 13.6. The number of fused-ring (bicyclic) bond motifs is 1. The third kappa shape index (κ3) is 5.07. The fourth-order valence-corrected chi connectivity index (χ4v) is 3.90. The second kappa shape index (κ2) is 10.7. The molecule has 5 aromatic rings. The molecule has 0 saturated heterocycles. The number of methoxy groups -OCH3 is 1. The van der Waals surface area contributed by atoms with Crippen LogP contribution in [0.25, 0.3) is 28.7 Å². The Balaban J connectivity index is 1.57. The summed E-state index contributed by atoms with van der Waals surface area (Å²) in [7, 11) is 1.51. The summed E-state index contributed by atoms with van der Waals surface area (Å²) in [6.45, 7) is 0. The molecule has 4 aromatic carbocycles. The van der Waals surface area contributed by atoms with Crippen LogP contribution in [0.3, 0.4) is 0 Å². The molecule has 1 heterocycles. The third-order valence-electron chi connectivity index (χ3n) is 5.77. The predicted octanol–water partition coefficient (Wildman–Crippen LogP) is 6.89. The Bertz CT molecular complexity index is 1740. The van der Waals surface area contributed by atoms with E-state index in [2.05, 4.69) is 10.2 Å². The lowest BCUT2D eigenvalue weighted by Crippen LogP contribution is -2.22. The Kier molecular flexibility index (Phi) is 6.81. The molecule has 0 amide bonds. The SMILES string of the molecule is COc1cc(N=Nc2ccc([N+](=O)[O-])cc2)ccc1-n1c(/C=C/c2ccccc2)nc2ccccc2c1=O. The summed E-state index contributed by atoms with van der Waals surface area (Å²) >= 11 is 0. The molecule has 0 atom stereocenters. The number of nitrogens with zero attached hydrogens (tertiary/aromatic N) is 5. The van der Waals surface area contributed by atoms with Crippen molar-refractivity contribution in [2.75, 3.05) is 7.11 Å². The lowest BCUT2D eigenvalue weighted by Gasteiger charge is -2.15. The van der Waals surface area contributed by atoms with Crippen molar-refractivity contribution in [2.45, 2.75) is 0 Å². The molecule has 9 nitrogen and oxygen atoms in total. The number of nitro benzene ring substituents is 1. The Hall–Kier alpha value is -5.44. The van der Waals surface area contributed by atoms with Crippen LogP contribution in [0, 0.1) is 10.1 Å². The van der Waals surface area contributed by atoms with Crippen molar-refractivity contribution in [3.63, 3.8) is 0 Å². The minimum Gasteiger partial charge on any atom is -0.494 e. The first-order chi connectivity index (χ1) is 18.5. The van der Waals surface area contributed by atoms with Gasteiger partial charge in [0.05, 0.1) is 40.0 Å². The molecule has 0 radical (unpaired) electrons. The largest absolute Gasteiger partial charge is 0.494 e. The van der Waals surface area contributed by atoms with Gasteiger partial charge in [-0.1, -0.05) is 48.5 Å². The van der Waals surface area contributed by atoms with E-state index in [-0.39, 0.29) is 11.2 Å². The number of hydrogen-bond acceptors (Lipinski definition) is 7. The Morgan fingerprint density at radius 1 is 0.868 bits per heavy atom. The Labute approximate surface area is 217 Å². The van der Waals surface area contributed by atoms with Crippen LogP contribution in [0.2, 0.25) is 0 Å². The highest BCUT2D eigenvalue weighted by atomic mass is 16.6. The third-order valence-corrected chi connectivity index (χ3v) is 5.77. The standard InChI is InChI=1S/C29H21N5O4/c1-38-27-19-22(32-31-21-12-15-23(16-13-21)34(36)37)14-17-26(27)33-28(18-11-20-7-3-2-4-8-20)30-25-10-6-5-9-24(25)29(33)35/h2-19H,1H3/b18-11+,32-31?. The second-order valence-corrected chi connectivity index (χ2v) is 8.20. The molecule has 0 spiro atoms. The van der Waals surface area contributed by atoms with Crippen LogP contribution in [0.1, 0.15) is 11.4 Å². The molecule has 186 valence electrons. The van der Waals surface area contributed by atoms with E-state index < -0.39 is 4.92 Å². The molecule has 0 fully saturated rings. The van der Waals surface area contributed by atoms with E-state index in [1.165, 1.54) is 35.9 Å². The van der Waals surface area contributed by atoms with E-state index in [1.807, 2.05) is 42.5 Å². The smallest absolute Gasteiger partial charge is 0.269 e. The van der Waals surface area contributed by atoms with Crippen LogP contribution >= 0.6 is 0 Å². The van der Waals surface area contributed by atoms with E-state index in [9.17, 15) is 14.9 Å². The second-order valence-electron chi connectivity index (χ2n) is 8.20. The van der Waals surface area contributed by atoms with E-state index in [4.69, 9.17) is 9.72 Å². The van der Waals surface area contributed by atoms with Gasteiger partial charge in [0.1, 0.15) is 11.6 Å². The van der Waals surface area contributed by atoms with Crippen LogP contribution in [0.4, 0.5) is 17.1 Å². The first-order valence-electron chi connectivity index (χ1n) is 11.6. The number of benzene rings is 4. The van der Waals surface area contributed by atoms with Gasteiger partial charge in [0.2, 0.25) is 0 Å². The topological polar surface area (TPSA) is 112 Å². The van der Waals surface area contributed by atoms with Crippen LogP contribution in [-0.2, 0) is 0 Å². The molecular formula is C29H21N5O4. The number of hydrogen-bond donors (Lipinski definition) is 0. The average Bonchev–Trinajstić information content (AvgIpc) is 2.96. The summed E-state index contributed by atoms with van der Waals surface area (Å²) in [4.78, 5) is 28.8. The molecule has 9 heteroatoms. The van der Waals surface area contributed by atoms with Crippen LogP contribution in [0.5, 0.6) is 5.75 Å². The number of non-ortho nitro benzene ring substituents is 1. The van der Waals surface area contributed by atoms with E-state index in [0.29, 0.717) is 39.5 Å². The number of ether oxygens (including phenoxy) is 1. The lowest BCUT2D eigenvalue weighted by molar-refractivity contribution is -0.384. The number of para-hydroxylation sites is 1. The highest BCUT2D eigenvalue weighted by Crippen LogP contribution is 2.30. The van der Waals surface area contributed by atoms with Crippen molar-refractivity contribution in [1.29, 1.82) is 0 Å². The van der Waals surface area contributed by atoms with Gasteiger partial charge in [-0.15, -0.1) is 0 Å². The highest BCUT2D eigenvalue weighted by Gasteiger charge is 2.15. The van der Waals surface area contributed by atoms with Gasteiger partial charge in [-0.25, -0.2) is 4.98 Å². The minimum atomic E-state index is -0.475. The summed E-state index contributed by atoms with van der Waals surface area (Å²) in [5, 5.41) is 19.7. The van der Waals surface area contributed by atoms with Crippen molar-refractivity contribution < 1.29 is 9.66 Å². The van der Waals surface area contributed by atoms with Crippen molar-refractivity contribution in [3.05, 3.63) is 129 Å². The summed E-state index contributed by atoms with van der Waals surface area (Å²) in [5.74, 6) is 0.842. The van der Waals surface area contributed by atoms with Gasteiger partial charge in [-0.2, -0.15) is 10.2 Å². The zero-order valence-electron chi connectivity index (χ0n) is 20.3. The summed E-state index contributed by atoms with van der Waals surface area (Å²) in [5.41, 5.74) is 2.74. The minimum absolute atomic E-state index is 0.0264. The Morgan fingerprint density at radius 2 is 1.55 bits per heavy atom. The van der Waals surface area contributed by atoms with Crippen molar-refractivity contribution in [1.82, 2.24) is 9.55 Å². The molecule has 0 aliphatic heterocycles. The van der Waals surface area contributed by atoms with Gasteiger partial charge in [0, 0.05) is 18.2 Å². The predicted molar refractivity (Wildman–Crippen MR) is 147 cm³/mol. The zero-order chi connectivity index (χ0) is 26.5. The molecule has 0 aliphatic rings. The molecule has 0 N–H and O–H groups in total. The van der Waals surface area contributed by atoms with Crippen LogP contribution in [-0.4, -0.2) is 21.6 Å². The molecule has 0 bridgehead atoms. The number of aromatic nitrogens is 2. The number of rotatable bonds is 7. The van der Waals surface area contributed by atoms with Crippen LogP contribution < -0.4 is 10.3 Å². The van der Waals surface area contributed by atoms with Crippen molar-refractivity contribution in [3.8, 4) is 11.4 Å².